The van der Waals surface area contributed by atoms with Crippen LogP contribution in [-0.2, 0) is 14.6 Å². The fraction of sp³-hybridized carbons (Fsp3) is 0.385. The van der Waals surface area contributed by atoms with Gasteiger partial charge in [0, 0.05) is 12.8 Å². The van der Waals surface area contributed by atoms with E-state index in [4.69, 9.17) is 5.11 Å². The summed E-state index contributed by atoms with van der Waals surface area (Å²) in [6, 6.07) is 6.49. The first-order valence-corrected chi connectivity index (χ1v) is 8.35. The van der Waals surface area contributed by atoms with Crippen LogP contribution in [0.5, 0.6) is 0 Å². The second kappa shape index (κ2) is 7.63. The fourth-order valence-electron chi connectivity index (χ4n) is 1.65. The molecule has 0 spiro atoms. The van der Waals surface area contributed by atoms with Crippen molar-refractivity contribution in [1.82, 2.24) is 10.6 Å². The number of rotatable bonds is 7. The fourth-order valence-corrected chi connectivity index (χ4v) is 2.32. The topological polar surface area (TPSA) is 113 Å². The zero-order valence-corrected chi connectivity index (χ0v) is 12.4. The molecule has 0 aliphatic rings. The first kappa shape index (κ1) is 17.0. The Balaban J connectivity index is 2.49. The highest BCUT2D eigenvalue weighted by Crippen LogP contribution is 2.12. The standard InChI is InChI=1S/C13H18N2O5S/c1-21(19,20)9-5-8-14-13(18)15-11(12(16)17)10-6-3-2-4-7-10/h2-4,6-7,11H,5,8-9H2,1H3,(H,16,17)(H2,14,15,18)/t11-/m0/s1. The van der Waals surface area contributed by atoms with Gasteiger partial charge in [0.05, 0.1) is 5.75 Å². The lowest BCUT2D eigenvalue weighted by molar-refractivity contribution is -0.139. The van der Waals surface area contributed by atoms with Crippen LogP contribution in [0, 0.1) is 0 Å². The van der Waals surface area contributed by atoms with Crippen molar-refractivity contribution < 1.29 is 23.1 Å². The second-order valence-electron chi connectivity index (χ2n) is 4.57. The van der Waals surface area contributed by atoms with Gasteiger partial charge in [-0.1, -0.05) is 30.3 Å². The Bertz CT molecular complexity index is 586. The van der Waals surface area contributed by atoms with Crippen LogP contribution in [0.3, 0.4) is 0 Å². The maximum Gasteiger partial charge on any atom is 0.330 e. The lowest BCUT2D eigenvalue weighted by atomic mass is 10.1. The largest absolute Gasteiger partial charge is 0.479 e. The Morgan fingerprint density at radius 1 is 1.24 bits per heavy atom. The molecule has 1 atom stereocenters. The number of sulfone groups is 1. The van der Waals surface area contributed by atoms with Crippen LogP contribution in [-0.4, -0.2) is 44.1 Å². The number of carboxylic acid groups (broad SMARTS) is 1. The van der Waals surface area contributed by atoms with Crippen LogP contribution >= 0.6 is 0 Å². The predicted octanol–water partition coefficient (Wildman–Crippen LogP) is 0.546. The summed E-state index contributed by atoms with van der Waals surface area (Å²) in [5, 5.41) is 13.9. The molecule has 0 radical (unpaired) electrons. The molecule has 0 bridgehead atoms. The monoisotopic (exact) mass is 314 g/mol. The molecule has 0 saturated heterocycles. The van der Waals surface area contributed by atoms with Gasteiger partial charge in [0.2, 0.25) is 0 Å². The molecule has 1 rings (SSSR count). The van der Waals surface area contributed by atoms with Gasteiger partial charge in [0.1, 0.15) is 9.84 Å². The van der Waals surface area contributed by atoms with Gasteiger partial charge < -0.3 is 15.7 Å². The van der Waals surface area contributed by atoms with E-state index >= 15 is 0 Å². The molecule has 1 aromatic rings. The van der Waals surface area contributed by atoms with E-state index in [9.17, 15) is 18.0 Å². The van der Waals surface area contributed by atoms with Gasteiger partial charge in [-0.25, -0.2) is 18.0 Å². The summed E-state index contributed by atoms with van der Waals surface area (Å²) >= 11 is 0. The third kappa shape index (κ3) is 6.75. The number of carbonyl (C=O) groups is 2. The molecule has 0 heterocycles. The maximum absolute atomic E-state index is 11.6. The van der Waals surface area contributed by atoms with E-state index in [1.54, 1.807) is 30.3 Å². The quantitative estimate of drug-likeness (QED) is 0.636. The Hall–Kier alpha value is -2.09. The van der Waals surface area contributed by atoms with E-state index in [0.29, 0.717) is 5.56 Å². The van der Waals surface area contributed by atoms with Crippen molar-refractivity contribution in [3.8, 4) is 0 Å². The highest BCUT2D eigenvalue weighted by molar-refractivity contribution is 7.90. The normalized spacial score (nSPS) is 12.4. The van der Waals surface area contributed by atoms with Gasteiger partial charge in [0.15, 0.2) is 6.04 Å². The van der Waals surface area contributed by atoms with E-state index in [1.165, 1.54) is 0 Å². The van der Waals surface area contributed by atoms with Crippen molar-refractivity contribution >= 4 is 21.8 Å². The molecule has 0 unspecified atom stereocenters. The van der Waals surface area contributed by atoms with E-state index in [-0.39, 0.29) is 18.7 Å². The molecule has 0 aliphatic heterocycles. The number of carboxylic acids is 1. The highest BCUT2D eigenvalue weighted by atomic mass is 32.2. The van der Waals surface area contributed by atoms with E-state index in [1.807, 2.05) is 0 Å². The van der Waals surface area contributed by atoms with E-state index in [0.717, 1.165) is 6.26 Å². The molecule has 0 aliphatic carbocycles. The molecule has 0 saturated carbocycles. The van der Waals surface area contributed by atoms with Gasteiger partial charge >= 0.3 is 12.0 Å². The van der Waals surface area contributed by atoms with Crippen molar-refractivity contribution in [3.63, 3.8) is 0 Å². The van der Waals surface area contributed by atoms with Gasteiger partial charge in [-0.3, -0.25) is 0 Å². The molecule has 3 N–H and O–H groups in total. The van der Waals surface area contributed by atoms with Gasteiger partial charge in [-0.2, -0.15) is 0 Å². The minimum absolute atomic E-state index is 0.0334. The summed E-state index contributed by atoms with van der Waals surface area (Å²) in [7, 11) is -3.07. The number of urea groups is 1. The number of hydrogen-bond donors (Lipinski definition) is 3. The second-order valence-corrected chi connectivity index (χ2v) is 6.83. The SMILES string of the molecule is CS(=O)(=O)CCCNC(=O)N[C@H](C(=O)O)c1ccccc1. The van der Waals surface area contributed by atoms with Crippen molar-refractivity contribution in [2.24, 2.45) is 0 Å². The smallest absolute Gasteiger partial charge is 0.330 e. The van der Waals surface area contributed by atoms with Crippen LogP contribution in [0.2, 0.25) is 0 Å². The first-order chi connectivity index (χ1) is 9.79. The van der Waals surface area contributed by atoms with Crippen LogP contribution in [0.1, 0.15) is 18.0 Å². The maximum atomic E-state index is 11.6. The minimum Gasteiger partial charge on any atom is -0.479 e. The van der Waals surface area contributed by atoms with Crippen LogP contribution < -0.4 is 10.6 Å². The summed E-state index contributed by atoms with van der Waals surface area (Å²) in [4.78, 5) is 22.8. The van der Waals surface area contributed by atoms with Crippen LogP contribution in [0.25, 0.3) is 0 Å². The van der Waals surface area contributed by atoms with Crippen molar-refractivity contribution in [1.29, 1.82) is 0 Å². The zero-order valence-electron chi connectivity index (χ0n) is 11.6. The number of carbonyl (C=O) groups excluding carboxylic acids is 1. The number of benzene rings is 1. The molecule has 0 aromatic heterocycles. The Kier molecular flexibility index (Phi) is 6.16. The molecule has 2 amide bonds. The van der Waals surface area contributed by atoms with Crippen LogP contribution in [0.15, 0.2) is 30.3 Å². The molecule has 7 nitrogen and oxygen atoms in total. The molecule has 116 valence electrons. The number of hydrogen-bond acceptors (Lipinski definition) is 4. The van der Waals surface area contributed by atoms with Crippen molar-refractivity contribution in [3.05, 3.63) is 35.9 Å². The molecular weight excluding hydrogens is 296 g/mol. The Morgan fingerprint density at radius 3 is 2.38 bits per heavy atom. The summed E-state index contributed by atoms with van der Waals surface area (Å²) in [5.74, 6) is -1.21. The zero-order chi connectivity index (χ0) is 15.9. The van der Waals surface area contributed by atoms with Gasteiger partial charge in [-0.05, 0) is 12.0 Å². The number of nitrogens with one attached hydrogen (secondary N) is 2. The molecule has 0 fully saturated rings. The third-order valence-corrected chi connectivity index (χ3v) is 3.66. The van der Waals surface area contributed by atoms with E-state index < -0.39 is 27.9 Å². The molecule has 8 heteroatoms. The number of amides is 2. The lowest BCUT2D eigenvalue weighted by Gasteiger charge is -2.15. The average Bonchev–Trinajstić information content (AvgIpc) is 2.40. The van der Waals surface area contributed by atoms with Crippen molar-refractivity contribution in [2.45, 2.75) is 12.5 Å². The molecular formula is C13H18N2O5S. The van der Waals surface area contributed by atoms with E-state index in [2.05, 4.69) is 10.6 Å². The Morgan fingerprint density at radius 2 is 1.86 bits per heavy atom. The molecule has 21 heavy (non-hydrogen) atoms. The first-order valence-electron chi connectivity index (χ1n) is 6.29. The number of aliphatic carboxylic acids is 1. The van der Waals surface area contributed by atoms with Gasteiger partial charge in [0.25, 0.3) is 0 Å². The third-order valence-electron chi connectivity index (χ3n) is 2.63. The van der Waals surface area contributed by atoms with Gasteiger partial charge in [-0.15, -0.1) is 0 Å². The Labute approximate surface area is 123 Å². The highest BCUT2D eigenvalue weighted by Gasteiger charge is 2.21. The van der Waals surface area contributed by atoms with Crippen molar-refractivity contribution in [2.75, 3.05) is 18.6 Å². The summed E-state index contributed by atoms with van der Waals surface area (Å²) in [6.07, 6.45) is 1.39. The summed E-state index contributed by atoms with van der Waals surface area (Å²) in [6.45, 7) is 0.153. The summed E-state index contributed by atoms with van der Waals surface area (Å²) in [5.41, 5.74) is 0.455. The molecule has 1 aromatic carbocycles. The summed E-state index contributed by atoms with van der Waals surface area (Å²) < 4.78 is 21.8. The predicted molar refractivity (Wildman–Crippen MR) is 77.7 cm³/mol. The minimum atomic E-state index is -3.07. The average molecular weight is 314 g/mol. The lowest BCUT2D eigenvalue weighted by Crippen LogP contribution is -2.41. The van der Waals surface area contributed by atoms with Crippen LogP contribution in [0.4, 0.5) is 4.79 Å².